The highest BCUT2D eigenvalue weighted by molar-refractivity contribution is 6.30. The van der Waals surface area contributed by atoms with Gasteiger partial charge in [0, 0.05) is 24.3 Å². The number of anilines is 1. The fraction of sp³-hybridized carbons (Fsp3) is 0.312. The zero-order valence-electron chi connectivity index (χ0n) is 12.5. The van der Waals surface area contributed by atoms with E-state index >= 15 is 0 Å². The van der Waals surface area contributed by atoms with E-state index in [1.54, 1.807) is 12.3 Å². The first-order valence-corrected chi connectivity index (χ1v) is 7.66. The molecule has 0 bridgehead atoms. The van der Waals surface area contributed by atoms with Crippen molar-refractivity contribution in [2.45, 2.75) is 26.3 Å². The van der Waals surface area contributed by atoms with Crippen molar-refractivity contribution in [3.8, 4) is 0 Å². The first kappa shape index (κ1) is 16.2. The minimum absolute atomic E-state index is 0.176. The highest BCUT2D eigenvalue weighted by atomic mass is 35.5. The molecule has 0 radical (unpaired) electrons. The summed E-state index contributed by atoms with van der Waals surface area (Å²) < 4.78 is 0. The number of unbranched alkanes of at least 4 members (excludes halogenated alkanes) is 1. The molecule has 0 aliphatic carbocycles. The van der Waals surface area contributed by atoms with Gasteiger partial charge in [0.2, 0.25) is 5.95 Å². The van der Waals surface area contributed by atoms with Gasteiger partial charge in [-0.3, -0.25) is 4.79 Å². The summed E-state index contributed by atoms with van der Waals surface area (Å²) in [6, 6.07) is 9.12. The van der Waals surface area contributed by atoms with Crippen LogP contribution in [0.1, 0.15) is 35.8 Å². The zero-order chi connectivity index (χ0) is 15.8. The van der Waals surface area contributed by atoms with Crippen LogP contribution >= 0.6 is 11.6 Å². The summed E-state index contributed by atoms with van der Waals surface area (Å²) in [5.74, 6) is 0.253. The Labute approximate surface area is 135 Å². The maximum atomic E-state index is 11.9. The van der Waals surface area contributed by atoms with Gasteiger partial charge >= 0.3 is 0 Å². The van der Waals surface area contributed by atoms with E-state index in [1.165, 1.54) is 0 Å². The number of carbonyl (C=O) groups excluding carboxylic acids is 1. The Morgan fingerprint density at radius 1 is 1.23 bits per heavy atom. The average molecular weight is 319 g/mol. The number of aromatic nitrogens is 2. The molecule has 0 saturated carbocycles. The summed E-state index contributed by atoms with van der Waals surface area (Å²) in [5, 5.41) is 6.63. The number of halogens is 1. The van der Waals surface area contributed by atoms with Crippen LogP contribution in [0.25, 0.3) is 0 Å². The van der Waals surface area contributed by atoms with Crippen molar-refractivity contribution in [3.63, 3.8) is 0 Å². The molecule has 116 valence electrons. The molecule has 2 N–H and O–H groups in total. The van der Waals surface area contributed by atoms with Crippen molar-refractivity contribution in [1.29, 1.82) is 0 Å². The van der Waals surface area contributed by atoms with E-state index in [0.29, 0.717) is 29.8 Å². The van der Waals surface area contributed by atoms with Crippen LogP contribution in [0.15, 0.2) is 36.5 Å². The Hall–Kier alpha value is -2.14. The lowest BCUT2D eigenvalue weighted by Crippen LogP contribution is -2.25. The quantitative estimate of drug-likeness (QED) is 0.769. The second-order valence-electron chi connectivity index (χ2n) is 4.85. The number of nitrogens with one attached hydrogen (secondary N) is 2. The van der Waals surface area contributed by atoms with Gasteiger partial charge in [-0.25, -0.2) is 9.97 Å². The SMILES string of the molecule is CCCCNC(=O)c1ccnc(NCc2ccc(Cl)cc2)n1. The lowest BCUT2D eigenvalue weighted by atomic mass is 10.2. The van der Waals surface area contributed by atoms with Crippen LogP contribution in [0.4, 0.5) is 5.95 Å². The van der Waals surface area contributed by atoms with Crippen LogP contribution in [0.3, 0.4) is 0 Å². The van der Waals surface area contributed by atoms with Gasteiger partial charge in [-0.1, -0.05) is 37.1 Å². The number of amides is 1. The van der Waals surface area contributed by atoms with Gasteiger partial charge in [0.25, 0.3) is 5.91 Å². The van der Waals surface area contributed by atoms with E-state index in [-0.39, 0.29) is 5.91 Å². The molecule has 0 aliphatic heterocycles. The van der Waals surface area contributed by atoms with E-state index in [1.807, 2.05) is 24.3 Å². The lowest BCUT2D eigenvalue weighted by Gasteiger charge is -2.07. The summed E-state index contributed by atoms with van der Waals surface area (Å²) in [6.45, 7) is 3.31. The van der Waals surface area contributed by atoms with E-state index in [0.717, 1.165) is 18.4 Å². The summed E-state index contributed by atoms with van der Waals surface area (Å²) >= 11 is 5.85. The van der Waals surface area contributed by atoms with Gasteiger partial charge in [0.05, 0.1) is 0 Å². The number of benzene rings is 1. The third-order valence-electron chi connectivity index (χ3n) is 3.07. The number of carbonyl (C=O) groups is 1. The molecular formula is C16H19ClN4O. The summed E-state index contributed by atoms with van der Waals surface area (Å²) in [6.07, 6.45) is 3.57. The molecular weight excluding hydrogens is 300 g/mol. The second kappa shape index (κ2) is 8.34. The molecule has 6 heteroatoms. The zero-order valence-corrected chi connectivity index (χ0v) is 13.2. The third-order valence-corrected chi connectivity index (χ3v) is 3.32. The van der Waals surface area contributed by atoms with Crippen molar-refractivity contribution in [3.05, 3.63) is 52.8 Å². The van der Waals surface area contributed by atoms with Crippen molar-refractivity contribution in [1.82, 2.24) is 15.3 Å². The Kier molecular flexibility index (Phi) is 6.15. The first-order chi connectivity index (χ1) is 10.7. The maximum Gasteiger partial charge on any atom is 0.270 e. The van der Waals surface area contributed by atoms with Gasteiger partial charge in [-0.05, 0) is 30.2 Å². The monoisotopic (exact) mass is 318 g/mol. The van der Waals surface area contributed by atoms with Crippen LogP contribution in [-0.2, 0) is 6.54 Å². The van der Waals surface area contributed by atoms with Crippen molar-refractivity contribution < 1.29 is 4.79 Å². The summed E-state index contributed by atoms with van der Waals surface area (Å²) in [4.78, 5) is 20.3. The summed E-state index contributed by atoms with van der Waals surface area (Å²) in [5.41, 5.74) is 1.43. The van der Waals surface area contributed by atoms with Gasteiger partial charge in [-0.15, -0.1) is 0 Å². The smallest absolute Gasteiger partial charge is 0.270 e. The number of hydrogen-bond acceptors (Lipinski definition) is 4. The van der Waals surface area contributed by atoms with Crippen LogP contribution in [0.2, 0.25) is 5.02 Å². The Morgan fingerprint density at radius 3 is 2.73 bits per heavy atom. The molecule has 0 aliphatic rings. The molecule has 1 amide bonds. The van der Waals surface area contributed by atoms with E-state index in [9.17, 15) is 4.79 Å². The second-order valence-corrected chi connectivity index (χ2v) is 5.29. The molecule has 0 atom stereocenters. The minimum Gasteiger partial charge on any atom is -0.351 e. The first-order valence-electron chi connectivity index (χ1n) is 7.28. The van der Waals surface area contributed by atoms with Gasteiger partial charge in [0.15, 0.2) is 0 Å². The number of rotatable bonds is 7. The molecule has 0 unspecified atom stereocenters. The lowest BCUT2D eigenvalue weighted by molar-refractivity contribution is 0.0948. The van der Waals surface area contributed by atoms with E-state index in [2.05, 4.69) is 27.5 Å². The Balaban J connectivity index is 1.93. The Bertz CT molecular complexity index is 616. The molecule has 1 aromatic heterocycles. The molecule has 0 spiro atoms. The average Bonchev–Trinajstić information content (AvgIpc) is 2.55. The largest absolute Gasteiger partial charge is 0.351 e. The third kappa shape index (κ3) is 5.00. The predicted molar refractivity (Wildman–Crippen MR) is 88.1 cm³/mol. The van der Waals surface area contributed by atoms with Crippen molar-refractivity contribution in [2.24, 2.45) is 0 Å². The van der Waals surface area contributed by atoms with E-state index in [4.69, 9.17) is 11.6 Å². The topological polar surface area (TPSA) is 66.9 Å². The molecule has 22 heavy (non-hydrogen) atoms. The van der Waals surface area contributed by atoms with Crippen molar-refractivity contribution in [2.75, 3.05) is 11.9 Å². The molecule has 0 saturated heterocycles. The molecule has 2 aromatic rings. The number of nitrogens with zero attached hydrogens (tertiary/aromatic N) is 2. The van der Waals surface area contributed by atoms with Crippen LogP contribution in [0.5, 0.6) is 0 Å². The highest BCUT2D eigenvalue weighted by Crippen LogP contribution is 2.10. The molecule has 2 rings (SSSR count). The van der Waals surface area contributed by atoms with Crippen LogP contribution in [0, 0.1) is 0 Å². The van der Waals surface area contributed by atoms with Crippen LogP contribution in [-0.4, -0.2) is 22.4 Å². The van der Waals surface area contributed by atoms with Gasteiger partial charge in [-0.2, -0.15) is 0 Å². The van der Waals surface area contributed by atoms with E-state index < -0.39 is 0 Å². The number of hydrogen-bond donors (Lipinski definition) is 2. The predicted octanol–water partition coefficient (Wildman–Crippen LogP) is 3.27. The fourth-order valence-electron chi connectivity index (χ4n) is 1.82. The minimum atomic E-state index is -0.176. The maximum absolute atomic E-state index is 11.9. The molecule has 1 aromatic carbocycles. The van der Waals surface area contributed by atoms with Crippen LogP contribution < -0.4 is 10.6 Å². The normalized spacial score (nSPS) is 10.3. The Morgan fingerprint density at radius 2 is 2.00 bits per heavy atom. The molecule has 1 heterocycles. The highest BCUT2D eigenvalue weighted by Gasteiger charge is 2.07. The fourth-order valence-corrected chi connectivity index (χ4v) is 1.95. The molecule has 5 nitrogen and oxygen atoms in total. The van der Waals surface area contributed by atoms with Crippen molar-refractivity contribution >= 4 is 23.5 Å². The standard InChI is InChI=1S/C16H19ClN4O/c1-2-3-9-18-15(22)14-8-10-19-16(21-14)20-11-12-4-6-13(17)7-5-12/h4-8,10H,2-3,9,11H2,1H3,(H,18,22)(H,19,20,21). The van der Waals surface area contributed by atoms with Gasteiger partial charge in [0.1, 0.15) is 5.69 Å². The molecule has 0 fully saturated rings. The summed E-state index contributed by atoms with van der Waals surface area (Å²) in [7, 11) is 0. The van der Waals surface area contributed by atoms with Gasteiger partial charge < -0.3 is 10.6 Å².